The predicted molar refractivity (Wildman–Crippen MR) is 105 cm³/mol. The average molecular weight is 357 g/mol. The van der Waals surface area contributed by atoms with Crippen molar-refractivity contribution in [3.63, 3.8) is 0 Å². The van der Waals surface area contributed by atoms with Crippen molar-refractivity contribution >= 4 is 28.3 Å². The van der Waals surface area contributed by atoms with Gasteiger partial charge in [-0.3, -0.25) is 4.79 Å². The second-order valence-corrected chi connectivity index (χ2v) is 6.93. The third kappa shape index (κ3) is 2.70. The summed E-state index contributed by atoms with van der Waals surface area (Å²) in [5.41, 5.74) is 5.50. The van der Waals surface area contributed by atoms with Gasteiger partial charge < -0.3 is 10.3 Å². The van der Waals surface area contributed by atoms with Crippen molar-refractivity contribution in [3.8, 4) is 5.95 Å². The van der Waals surface area contributed by atoms with Crippen molar-refractivity contribution in [2.75, 3.05) is 5.32 Å². The molecule has 2 heterocycles. The van der Waals surface area contributed by atoms with Gasteiger partial charge in [0.05, 0.1) is 22.3 Å². The summed E-state index contributed by atoms with van der Waals surface area (Å²) >= 11 is 0. The number of aromatic nitrogens is 4. The number of Topliss-reactive ketones (excluding diaryl/α,β-unsaturated/α-hetero) is 1. The molecule has 0 bridgehead atoms. The highest BCUT2D eigenvalue weighted by molar-refractivity contribution is 6.03. The summed E-state index contributed by atoms with van der Waals surface area (Å²) in [4.78, 5) is 20.6. The lowest BCUT2D eigenvalue weighted by molar-refractivity contribution is 0.0973. The number of anilines is 2. The van der Waals surface area contributed by atoms with E-state index in [0.717, 1.165) is 40.8 Å². The minimum Gasteiger partial charge on any atom is -0.338 e. The van der Waals surface area contributed by atoms with Crippen LogP contribution in [0.4, 0.5) is 11.5 Å². The Balaban J connectivity index is 1.65. The normalized spacial score (nSPS) is 13.7. The highest BCUT2D eigenvalue weighted by atomic mass is 16.1. The zero-order valence-corrected chi connectivity index (χ0v) is 15.0. The lowest BCUT2D eigenvalue weighted by atomic mass is 9.96. The minimum absolute atomic E-state index is 0.133. The van der Waals surface area contributed by atoms with E-state index in [1.165, 1.54) is 0 Å². The van der Waals surface area contributed by atoms with Gasteiger partial charge in [-0.1, -0.05) is 24.3 Å². The Bertz CT molecular complexity index is 1140. The number of carbonyl (C=O) groups excluding carboxylic acids is 1. The molecule has 6 heteroatoms. The molecule has 0 amide bonds. The van der Waals surface area contributed by atoms with Crippen LogP contribution in [-0.2, 0) is 6.42 Å². The van der Waals surface area contributed by atoms with E-state index >= 15 is 0 Å². The number of imidazole rings is 1. The second-order valence-electron chi connectivity index (χ2n) is 6.93. The molecule has 0 atom stereocenters. The number of aryl methyl sites for hydroxylation is 1. The number of hydrogen-bond donors (Lipinski definition) is 2. The molecule has 5 rings (SSSR count). The first-order valence-corrected chi connectivity index (χ1v) is 9.13. The fraction of sp³-hybridized carbons (Fsp3) is 0.190. The molecule has 27 heavy (non-hydrogen) atoms. The molecule has 0 radical (unpaired) electrons. The smallest absolute Gasteiger partial charge is 0.229 e. The predicted octanol–water partition coefficient (Wildman–Crippen LogP) is 4.32. The summed E-state index contributed by atoms with van der Waals surface area (Å²) in [6.07, 6.45) is 2.20. The number of hydrogen-bond acceptors (Lipinski definition) is 4. The van der Waals surface area contributed by atoms with Gasteiger partial charge in [0.15, 0.2) is 11.6 Å². The van der Waals surface area contributed by atoms with Crippen LogP contribution < -0.4 is 5.32 Å². The largest absolute Gasteiger partial charge is 0.338 e. The number of carbonyl (C=O) groups is 1. The van der Waals surface area contributed by atoms with E-state index in [4.69, 9.17) is 5.10 Å². The van der Waals surface area contributed by atoms with E-state index in [1.807, 2.05) is 55.5 Å². The topological polar surface area (TPSA) is 75.6 Å². The van der Waals surface area contributed by atoms with Crippen LogP contribution in [0.15, 0.2) is 48.5 Å². The second kappa shape index (κ2) is 6.09. The molecule has 0 saturated heterocycles. The van der Waals surface area contributed by atoms with Crippen molar-refractivity contribution in [3.05, 3.63) is 65.4 Å². The molecule has 1 aliphatic carbocycles. The van der Waals surface area contributed by atoms with E-state index in [9.17, 15) is 4.79 Å². The molecule has 2 N–H and O–H groups in total. The Morgan fingerprint density at radius 1 is 1.11 bits per heavy atom. The highest BCUT2D eigenvalue weighted by Crippen LogP contribution is 2.31. The number of fused-ring (bicyclic) bond motifs is 2. The number of H-pyrrole nitrogens is 1. The van der Waals surface area contributed by atoms with Gasteiger partial charge in [-0.15, -0.1) is 5.10 Å². The molecular weight excluding hydrogens is 338 g/mol. The van der Waals surface area contributed by atoms with Gasteiger partial charge in [0, 0.05) is 12.1 Å². The summed E-state index contributed by atoms with van der Waals surface area (Å²) in [7, 11) is 0. The van der Waals surface area contributed by atoms with Crippen molar-refractivity contribution in [2.45, 2.75) is 26.2 Å². The van der Waals surface area contributed by atoms with Crippen LogP contribution in [0.3, 0.4) is 0 Å². The highest BCUT2D eigenvalue weighted by Gasteiger charge is 2.28. The van der Waals surface area contributed by atoms with Crippen LogP contribution in [0.5, 0.6) is 0 Å². The maximum absolute atomic E-state index is 12.7. The van der Waals surface area contributed by atoms with Crippen molar-refractivity contribution in [1.82, 2.24) is 19.7 Å². The van der Waals surface area contributed by atoms with E-state index in [2.05, 4.69) is 15.3 Å². The Hall–Kier alpha value is -3.41. The molecule has 134 valence electrons. The fourth-order valence-corrected chi connectivity index (χ4v) is 3.68. The van der Waals surface area contributed by atoms with Crippen LogP contribution >= 0.6 is 0 Å². The maximum Gasteiger partial charge on any atom is 0.229 e. The van der Waals surface area contributed by atoms with Crippen LogP contribution in [0.25, 0.3) is 17.0 Å². The summed E-state index contributed by atoms with van der Waals surface area (Å²) < 4.78 is 1.78. The molecule has 6 nitrogen and oxygen atoms in total. The SMILES string of the molecule is Cc1cccc(Nc2nn(-c3nc4ccccc4[nH]3)c3c2C(=O)CCC3)c1. The van der Waals surface area contributed by atoms with Gasteiger partial charge in [0.25, 0.3) is 0 Å². The molecular formula is C21H19N5O. The molecule has 1 aliphatic rings. The lowest BCUT2D eigenvalue weighted by Crippen LogP contribution is -2.14. The van der Waals surface area contributed by atoms with Gasteiger partial charge in [-0.05, 0) is 49.6 Å². The Morgan fingerprint density at radius 2 is 2.00 bits per heavy atom. The number of nitrogens with one attached hydrogen (secondary N) is 2. The summed E-state index contributed by atoms with van der Waals surface area (Å²) in [5, 5.41) is 8.06. The first-order valence-electron chi connectivity index (χ1n) is 9.13. The number of aromatic amines is 1. The first-order chi connectivity index (χ1) is 13.2. The van der Waals surface area contributed by atoms with E-state index in [1.54, 1.807) is 4.68 Å². The van der Waals surface area contributed by atoms with E-state index in [-0.39, 0.29) is 5.78 Å². The maximum atomic E-state index is 12.7. The van der Waals surface area contributed by atoms with Gasteiger partial charge >= 0.3 is 0 Å². The molecule has 2 aromatic heterocycles. The molecule has 4 aromatic rings. The zero-order valence-electron chi connectivity index (χ0n) is 15.0. The van der Waals surface area contributed by atoms with Crippen LogP contribution in [-0.4, -0.2) is 25.5 Å². The van der Waals surface area contributed by atoms with Crippen molar-refractivity contribution in [2.24, 2.45) is 0 Å². The minimum atomic E-state index is 0.133. The van der Waals surface area contributed by atoms with Crippen molar-refractivity contribution in [1.29, 1.82) is 0 Å². The number of para-hydroxylation sites is 2. The van der Waals surface area contributed by atoms with Crippen LogP contribution in [0.2, 0.25) is 0 Å². The molecule has 0 unspecified atom stereocenters. The zero-order chi connectivity index (χ0) is 18.4. The Morgan fingerprint density at radius 3 is 2.85 bits per heavy atom. The lowest BCUT2D eigenvalue weighted by Gasteiger charge is -2.12. The summed E-state index contributed by atoms with van der Waals surface area (Å²) in [6, 6.07) is 15.9. The molecule has 0 saturated carbocycles. The molecule has 0 aliphatic heterocycles. The third-order valence-electron chi connectivity index (χ3n) is 4.94. The average Bonchev–Trinajstić information content (AvgIpc) is 3.24. The molecule has 0 spiro atoms. The summed E-state index contributed by atoms with van der Waals surface area (Å²) in [6.45, 7) is 2.04. The van der Waals surface area contributed by atoms with Gasteiger partial charge in [0.2, 0.25) is 5.95 Å². The monoisotopic (exact) mass is 357 g/mol. The van der Waals surface area contributed by atoms with E-state index in [0.29, 0.717) is 23.8 Å². The van der Waals surface area contributed by atoms with Gasteiger partial charge in [-0.2, -0.15) is 0 Å². The third-order valence-corrected chi connectivity index (χ3v) is 4.94. The summed E-state index contributed by atoms with van der Waals surface area (Å²) in [5.74, 6) is 1.37. The molecule has 2 aromatic carbocycles. The van der Waals surface area contributed by atoms with E-state index < -0.39 is 0 Å². The number of ketones is 1. The quantitative estimate of drug-likeness (QED) is 0.572. The van der Waals surface area contributed by atoms with Gasteiger partial charge in [-0.25, -0.2) is 9.67 Å². The van der Waals surface area contributed by atoms with Gasteiger partial charge in [0.1, 0.15) is 0 Å². The Labute approximate surface area is 156 Å². The number of rotatable bonds is 3. The number of benzene rings is 2. The van der Waals surface area contributed by atoms with Crippen molar-refractivity contribution < 1.29 is 4.79 Å². The van der Waals surface area contributed by atoms with Crippen LogP contribution in [0, 0.1) is 6.92 Å². The number of nitrogens with zero attached hydrogens (tertiary/aromatic N) is 3. The first kappa shape index (κ1) is 15.8. The standard InChI is InChI=1S/C21H19N5O/c1-13-6-4-7-14(12-13)22-20-19-17(10-5-11-18(19)27)26(25-20)21-23-15-8-2-3-9-16(15)24-21/h2-4,6-9,12H,5,10-11H2,1H3,(H,22,25)(H,23,24). The Kier molecular flexibility index (Phi) is 3.57. The van der Waals surface area contributed by atoms with Crippen LogP contribution in [0.1, 0.15) is 34.5 Å². The molecule has 0 fully saturated rings. The fourth-order valence-electron chi connectivity index (χ4n) is 3.68.